The van der Waals surface area contributed by atoms with Gasteiger partial charge >= 0.3 is 0 Å². The number of hydrogen-bond donors (Lipinski definition) is 2. The van der Waals surface area contributed by atoms with Crippen molar-refractivity contribution in [2.45, 2.75) is 6.54 Å². The summed E-state index contributed by atoms with van der Waals surface area (Å²) in [5.74, 6) is 0.123. The summed E-state index contributed by atoms with van der Waals surface area (Å²) in [7, 11) is 0. The van der Waals surface area contributed by atoms with Gasteiger partial charge in [-0.25, -0.2) is 4.99 Å². The zero-order valence-electron chi connectivity index (χ0n) is 6.90. The van der Waals surface area contributed by atoms with Crippen LogP contribution in [0.5, 0.6) is 0 Å². The van der Waals surface area contributed by atoms with Crippen LogP contribution in [0.2, 0.25) is 0 Å². The number of rotatable bonds is 2. The van der Waals surface area contributed by atoms with Gasteiger partial charge in [0.05, 0.1) is 6.54 Å². The predicted octanol–water partition coefficient (Wildman–Crippen LogP) is 1.64. The second-order valence-electron chi connectivity index (χ2n) is 2.37. The molecule has 0 atom stereocenters. The lowest BCUT2D eigenvalue weighted by molar-refractivity contribution is 1.05. The summed E-state index contributed by atoms with van der Waals surface area (Å²) >= 11 is 3.34. The zero-order chi connectivity index (χ0) is 8.97. The Balaban J connectivity index is 0.00000144. The van der Waals surface area contributed by atoms with Crippen molar-refractivity contribution in [2.24, 2.45) is 16.5 Å². The Hall–Kier alpha value is -0.740. The van der Waals surface area contributed by atoms with Gasteiger partial charge in [0.2, 0.25) is 0 Å². The second-order valence-corrected chi connectivity index (χ2v) is 3.28. The molecular formula is C8H11BrClN3. The average molecular weight is 265 g/mol. The van der Waals surface area contributed by atoms with E-state index in [-0.39, 0.29) is 18.4 Å². The Morgan fingerprint density at radius 2 is 1.77 bits per heavy atom. The van der Waals surface area contributed by atoms with Gasteiger partial charge in [0.1, 0.15) is 0 Å². The van der Waals surface area contributed by atoms with Crippen LogP contribution in [0.4, 0.5) is 0 Å². The molecule has 1 aromatic carbocycles. The minimum absolute atomic E-state index is 0. The van der Waals surface area contributed by atoms with E-state index in [1.54, 1.807) is 0 Å². The number of hydrogen-bond acceptors (Lipinski definition) is 1. The number of aliphatic imine (C=N–C) groups is 1. The second kappa shape index (κ2) is 5.83. The molecule has 0 aliphatic carbocycles. The molecule has 5 heteroatoms. The third-order valence-electron chi connectivity index (χ3n) is 1.36. The van der Waals surface area contributed by atoms with Crippen LogP contribution in [0, 0.1) is 0 Å². The van der Waals surface area contributed by atoms with E-state index in [9.17, 15) is 0 Å². The Bertz CT molecular complexity index is 280. The first kappa shape index (κ1) is 12.3. The van der Waals surface area contributed by atoms with Crippen LogP contribution in [0.1, 0.15) is 5.56 Å². The molecule has 3 nitrogen and oxygen atoms in total. The molecule has 0 fully saturated rings. The van der Waals surface area contributed by atoms with Crippen LogP contribution < -0.4 is 11.5 Å². The van der Waals surface area contributed by atoms with E-state index in [0.29, 0.717) is 6.54 Å². The molecule has 0 aliphatic heterocycles. The fourth-order valence-electron chi connectivity index (χ4n) is 0.772. The number of guanidine groups is 1. The lowest BCUT2D eigenvalue weighted by Gasteiger charge is -1.96. The first-order valence-electron chi connectivity index (χ1n) is 3.48. The lowest BCUT2D eigenvalue weighted by atomic mass is 10.2. The first-order valence-corrected chi connectivity index (χ1v) is 4.27. The Morgan fingerprint density at radius 1 is 1.23 bits per heavy atom. The third kappa shape index (κ3) is 4.75. The van der Waals surface area contributed by atoms with Gasteiger partial charge in [0, 0.05) is 4.47 Å². The topological polar surface area (TPSA) is 64.4 Å². The minimum Gasteiger partial charge on any atom is -0.370 e. The van der Waals surface area contributed by atoms with Crippen LogP contribution in [0.25, 0.3) is 0 Å². The highest BCUT2D eigenvalue weighted by Gasteiger charge is 1.90. The predicted molar refractivity (Wildman–Crippen MR) is 60.9 cm³/mol. The van der Waals surface area contributed by atoms with E-state index >= 15 is 0 Å². The van der Waals surface area contributed by atoms with E-state index in [4.69, 9.17) is 11.5 Å². The molecule has 1 rings (SSSR count). The average Bonchev–Trinajstić information content (AvgIpc) is 2.03. The van der Waals surface area contributed by atoms with E-state index < -0.39 is 0 Å². The molecular weight excluding hydrogens is 253 g/mol. The summed E-state index contributed by atoms with van der Waals surface area (Å²) < 4.78 is 1.05. The minimum atomic E-state index is 0. The molecule has 0 aromatic heterocycles. The summed E-state index contributed by atoms with van der Waals surface area (Å²) in [4.78, 5) is 3.88. The SMILES string of the molecule is Cl.NC(N)=NCc1ccc(Br)cc1. The van der Waals surface area contributed by atoms with Crippen LogP contribution >= 0.6 is 28.3 Å². The highest BCUT2D eigenvalue weighted by atomic mass is 79.9. The van der Waals surface area contributed by atoms with Crippen molar-refractivity contribution in [1.82, 2.24) is 0 Å². The van der Waals surface area contributed by atoms with Gasteiger partial charge in [-0.05, 0) is 17.7 Å². The zero-order valence-corrected chi connectivity index (χ0v) is 9.31. The molecule has 0 aliphatic rings. The molecule has 0 saturated carbocycles. The highest BCUT2D eigenvalue weighted by molar-refractivity contribution is 9.10. The van der Waals surface area contributed by atoms with Gasteiger partial charge in [-0.3, -0.25) is 0 Å². The van der Waals surface area contributed by atoms with Crippen molar-refractivity contribution in [2.75, 3.05) is 0 Å². The number of halogens is 2. The monoisotopic (exact) mass is 263 g/mol. The van der Waals surface area contributed by atoms with Gasteiger partial charge < -0.3 is 11.5 Å². The standard InChI is InChI=1S/C8H10BrN3.ClH/c9-7-3-1-6(2-4-7)5-12-8(10)11;/h1-4H,5H2,(H4,10,11,12);1H. The number of nitrogens with two attached hydrogens (primary N) is 2. The largest absolute Gasteiger partial charge is 0.370 e. The maximum Gasteiger partial charge on any atom is 0.186 e. The van der Waals surface area contributed by atoms with Gasteiger partial charge in [0.15, 0.2) is 5.96 Å². The maximum atomic E-state index is 5.19. The fourth-order valence-corrected chi connectivity index (χ4v) is 1.04. The molecule has 4 N–H and O–H groups in total. The number of benzene rings is 1. The van der Waals surface area contributed by atoms with Gasteiger partial charge in [-0.2, -0.15) is 0 Å². The molecule has 72 valence electrons. The Kier molecular flexibility index (Phi) is 5.50. The molecule has 0 bridgehead atoms. The van der Waals surface area contributed by atoms with Crippen molar-refractivity contribution in [3.05, 3.63) is 34.3 Å². The molecule has 0 saturated heterocycles. The molecule has 1 aromatic rings. The first-order chi connectivity index (χ1) is 5.68. The normalized spacial score (nSPS) is 8.69. The summed E-state index contributed by atoms with van der Waals surface area (Å²) in [6.07, 6.45) is 0. The fraction of sp³-hybridized carbons (Fsp3) is 0.125. The molecule has 0 unspecified atom stereocenters. The van der Waals surface area contributed by atoms with Crippen molar-refractivity contribution < 1.29 is 0 Å². The van der Waals surface area contributed by atoms with Crippen LogP contribution in [0.3, 0.4) is 0 Å². The molecule has 13 heavy (non-hydrogen) atoms. The van der Waals surface area contributed by atoms with Crippen LogP contribution in [-0.4, -0.2) is 5.96 Å². The maximum absolute atomic E-state index is 5.19. The summed E-state index contributed by atoms with van der Waals surface area (Å²) in [5, 5.41) is 0. The summed E-state index contributed by atoms with van der Waals surface area (Å²) in [6, 6.07) is 7.85. The molecule has 0 heterocycles. The quantitative estimate of drug-likeness (QED) is 0.630. The smallest absolute Gasteiger partial charge is 0.186 e. The van der Waals surface area contributed by atoms with Gasteiger partial charge in [-0.15, -0.1) is 12.4 Å². The van der Waals surface area contributed by atoms with Crippen molar-refractivity contribution in [3.63, 3.8) is 0 Å². The van der Waals surface area contributed by atoms with Gasteiger partial charge in [0.25, 0.3) is 0 Å². The van der Waals surface area contributed by atoms with E-state index in [1.165, 1.54) is 0 Å². The van der Waals surface area contributed by atoms with E-state index in [2.05, 4.69) is 20.9 Å². The van der Waals surface area contributed by atoms with E-state index in [1.807, 2.05) is 24.3 Å². The molecule has 0 amide bonds. The Morgan fingerprint density at radius 3 is 2.23 bits per heavy atom. The Labute approximate surface area is 91.8 Å². The molecule has 0 radical (unpaired) electrons. The van der Waals surface area contributed by atoms with Crippen molar-refractivity contribution in [1.29, 1.82) is 0 Å². The number of nitrogens with zero attached hydrogens (tertiary/aromatic N) is 1. The van der Waals surface area contributed by atoms with Crippen LogP contribution in [0.15, 0.2) is 33.7 Å². The summed E-state index contributed by atoms with van der Waals surface area (Å²) in [5.41, 5.74) is 11.5. The van der Waals surface area contributed by atoms with E-state index in [0.717, 1.165) is 10.0 Å². The van der Waals surface area contributed by atoms with Gasteiger partial charge in [-0.1, -0.05) is 28.1 Å². The third-order valence-corrected chi connectivity index (χ3v) is 1.89. The molecule has 0 spiro atoms. The van der Waals surface area contributed by atoms with Crippen molar-refractivity contribution in [3.8, 4) is 0 Å². The lowest BCUT2D eigenvalue weighted by Crippen LogP contribution is -2.22. The summed E-state index contributed by atoms with van der Waals surface area (Å²) in [6.45, 7) is 0.537. The van der Waals surface area contributed by atoms with Crippen molar-refractivity contribution >= 4 is 34.3 Å². The van der Waals surface area contributed by atoms with Crippen LogP contribution in [-0.2, 0) is 6.54 Å². The highest BCUT2D eigenvalue weighted by Crippen LogP contribution is 2.10.